The fourth-order valence-electron chi connectivity index (χ4n) is 4.21. The van der Waals surface area contributed by atoms with Crippen molar-refractivity contribution >= 4 is 0 Å². The quantitative estimate of drug-likeness (QED) is 0.843. The highest BCUT2D eigenvalue weighted by Gasteiger charge is 2.38. The predicted molar refractivity (Wildman–Crippen MR) is 106 cm³/mol. The van der Waals surface area contributed by atoms with Gasteiger partial charge in [-0.3, -0.25) is 9.80 Å². The van der Waals surface area contributed by atoms with Crippen LogP contribution in [0.25, 0.3) is 0 Å². The zero-order chi connectivity index (χ0) is 18.4. The van der Waals surface area contributed by atoms with Crippen LogP contribution in [0.5, 0.6) is 11.5 Å². The summed E-state index contributed by atoms with van der Waals surface area (Å²) in [5.41, 5.74) is 0.334. The largest absolute Gasteiger partial charge is 0.488 e. The van der Waals surface area contributed by atoms with E-state index in [-0.39, 0.29) is 6.10 Å². The number of nitrogens with one attached hydrogen (secondary N) is 1. The van der Waals surface area contributed by atoms with Crippen LogP contribution in [0.3, 0.4) is 0 Å². The highest BCUT2D eigenvalue weighted by atomic mass is 16.5. The minimum atomic E-state index is 0.153. The molecule has 2 aliphatic heterocycles. The maximum absolute atomic E-state index is 6.09. The minimum absolute atomic E-state index is 0.153. The lowest BCUT2D eigenvalue weighted by Crippen LogP contribution is -2.57. The number of rotatable bonds is 6. The Bertz CT molecular complexity index is 558. The van der Waals surface area contributed by atoms with Gasteiger partial charge in [-0.1, -0.05) is 12.1 Å². The zero-order valence-electron chi connectivity index (χ0n) is 16.7. The summed E-state index contributed by atoms with van der Waals surface area (Å²) < 4.78 is 12.0. The molecular formula is C21H35N3O2. The molecule has 1 aromatic carbocycles. The number of para-hydroxylation sites is 2. The first-order chi connectivity index (χ1) is 12.6. The lowest BCUT2D eigenvalue weighted by atomic mass is 9.86. The molecule has 1 aromatic rings. The molecule has 0 aromatic heterocycles. The molecular weight excluding hydrogens is 326 g/mol. The van der Waals surface area contributed by atoms with E-state index in [4.69, 9.17) is 9.47 Å². The van der Waals surface area contributed by atoms with Crippen LogP contribution in [0.1, 0.15) is 33.1 Å². The Morgan fingerprint density at radius 3 is 2.58 bits per heavy atom. The van der Waals surface area contributed by atoms with Crippen molar-refractivity contribution in [3.8, 4) is 11.5 Å². The summed E-state index contributed by atoms with van der Waals surface area (Å²) in [6.45, 7) is 11.5. The Hall–Kier alpha value is -1.30. The standard InChI is InChI=1S/C21H35N3O2/c1-18(2)26-20-8-5-4-7-19(20)25-16-15-24-14-6-13-23(3)21(17-24)9-11-22-12-10-21/h4-5,7-8,18,22H,6,9-17H2,1-3H3. The van der Waals surface area contributed by atoms with E-state index in [2.05, 4.69) is 22.2 Å². The van der Waals surface area contributed by atoms with Crippen molar-refractivity contribution in [3.05, 3.63) is 24.3 Å². The predicted octanol–water partition coefficient (Wildman–Crippen LogP) is 2.61. The van der Waals surface area contributed by atoms with Crippen LogP contribution in [0.4, 0.5) is 0 Å². The lowest BCUT2D eigenvalue weighted by Gasteiger charge is -2.45. The van der Waals surface area contributed by atoms with Crippen molar-refractivity contribution in [2.45, 2.75) is 44.8 Å². The monoisotopic (exact) mass is 361 g/mol. The molecule has 2 saturated heterocycles. The summed E-state index contributed by atoms with van der Waals surface area (Å²) >= 11 is 0. The normalized spacial score (nSPS) is 21.7. The fraction of sp³-hybridized carbons (Fsp3) is 0.714. The first kappa shape index (κ1) is 19.5. The number of hydrogen-bond donors (Lipinski definition) is 1. The molecule has 0 bridgehead atoms. The number of benzene rings is 1. The molecule has 0 unspecified atom stereocenters. The average molecular weight is 362 g/mol. The van der Waals surface area contributed by atoms with Gasteiger partial charge in [-0.15, -0.1) is 0 Å². The Labute approximate surface area is 158 Å². The second-order valence-electron chi connectivity index (χ2n) is 7.99. The van der Waals surface area contributed by atoms with Gasteiger partial charge in [0.1, 0.15) is 6.61 Å². The molecule has 2 heterocycles. The van der Waals surface area contributed by atoms with Crippen molar-refractivity contribution in [2.24, 2.45) is 0 Å². The van der Waals surface area contributed by atoms with Crippen LogP contribution in [-0.4, -0.2) is 74.4 Å². The minimum Gasteiger partial charge on any atom is -0.488 e. The van der Waals surface area contributed by atoms with Crippen LogP contribution in [0, 0.1) is 0 Å². The number of likely N-dealkylation sites (N-methyl/N-ethyl adjacent to an activating group) is 1. The van der Waals surface area contributed by atoms with E-state index in [0.29, 0.717) is 12.1 Å². The Morgan fingerprint density at radius 2 is 1.85 bits per heavy atom. The smallest absolute Gasteiger partial charge is 0.161 e. The third kappa shape index (κ3) is 4.90. The fourth-order valence-corrected chi connectivity index (χ4v) is 4.21. The second kappa shape index (κ2) is 9.07. The van der Waals surface area contributed by atoms with Gasteiger partial charge in [0.15, 0.2) is 11.5 Å². The van der Waals surface area contributed by atoms with Gasteiger partial charge in [0.2, 0.25) is 0 Å². The molecule has 1 spiro atoms. The van der Waals surface area contributed by atoms with Crippen LogP contribution >= 0.6 is 0 Å². The van der Waals surface area contributed by atoms with Gasteiger partial charge < -0.3 is 14.8 Å². The Morgan fingerprint density at radius 1 is 1.12 bits per heavy atom. The highest BCUT2D eigenvalue weighted by molar-refractivity contribution is 5.39. The first-order valence-corrected chi connectivity index (χ1v) is 10.1. The molecule has 26 heavy (non-hydrogen) atoms. The van der Waals surface area contributed by atoms with Gasteiger partial charge in [-0.25, -0.2) is 0 Å². The van der Waals surface area contributed by atoms with Crippen LogP contribution < -0.4 is 14.8 Å². The number of ether oxygens (including phenoxy) is 2. The number of hydrogen-bond acceptors (Lipinski definition) is 5. The van der Waals surface area contributed by atoms with E-state index >= 15 is 0 Å². The lowest BCUT2D eigenvalue weighted by molar-refractivity contribution is 0.0617. The van der Waals surface area contributed by atoms with Crippen molar-refractivity contribution in [1.29, 1.82) is 0 Å². The summed E-state index contributed by atoms with van der Waals surface area (Å²) in [5.74, 6) is 1.69. The number of piperidine rings is 1. The van der Waals surface area contributed by atoms with Gasteiger partial charge in [0.25, 0.3) is 0 Å². The molecule has 5 nitrogen and oxygen atoms in total. The molecule has 0 atom stereocenters. The van der Waals surface area contributed by atoms with Gasteiger partial charge >= 0.3 is 0 Å². The summed E-state index contributed by atoms with van der Waals surface area (Å²) in [6.07, 6.45) is 3.87. The first-order valence-electron chi connectivity index (χ1n) is 10.1. The maximum atomic E-state index is 6.09. The maximum Gasteiger partial charge on any atom is 0.161 e. The number of nitrogens with zero attached hydrogens (tertiary/aromatic N) is 2. The van der Waals surface area contributed by atoms with Crippen LogP contribution in [-0.2, 0) is 0 Å². The molecule has 0 amide bonds. The summed E-state index contributed by atoms with van der Waals surface area (Å²) in [7, 11) is 2.31. The summed E-state index contributed by atoms with van der Waals surface area (Å²) in [4.78, 5) is 5.21. The summed E-state index contributed by atoms with van der Waals surface area (Å²) in [5, 5.41) is 3.51. The van der Waals surface area contributed by atoms with E-state index in [0.717, 1.165) is 44.2 Å². The van der Waals surface area contributed by atoms with E-state index < -0.39 is 0 Å². The van der Waals surface area contributed by atoms with Crippen molar-refractivity contribution in [3.63, 3.8) is 0 Å². The van der Waals surface area contributed by atoms with Crippen LogP contribution in [0.2, 0.25) is 0 Å². The van der Waals surface area contributed by atoms with E-state index in [1.165, 1.54) is 25.8 Å². The third-order valence-electron chi connectivity index (χ3n) is 5.71. The molecule has 1 N–H and O–H groups in total. The second-order valence-corrected chi connectivity index (χ2v) is 7.99. The molecule has 0 aliphatic carbocycles. The average Bonchev–Trinajstić information content (AvgIpc) is 2.76. The van der Waals surface area contributed by atoms with Crippen LogP contribution in [0.15, 0.2) is 24.3 Å². The molecule has 146 valence electrons. The highest BCUT2D eigenvalue weighted by Crippen LogP contribution is 2.30. The van der Waals surface area contributed by atoms with Gasteiger partial charge in [0.05, 0.1) is 6.10 Å². The molecule has 3 rings (SSSR count). The van der Waals surface area contributed by atoms with Crippen molar-refractivity contribution < 1.29 is 9.47 Å². The van der Waals surface area contributed by atoms with Crippen molar-refractivity contribution in [1.82, 2.24) is 15.1 Å². The van der Waals surface area contributed by atoms with E-state index in [1.54, 1.807) is 0 Å². The Kier molecular flexibility index (Phi) is 6.79. The van der Waals surface area contributed by atoms with Gasteiger partial charge in [0, 0.05) is 18.6 Å². The van der Waals surface area contributed by atoms with Gasteiger partial charge in [-0.05, 0) is 78.5 Å². The third-order valence-corrected chi connectivity index (χ3v) is 5.71. The molecule has 5 heteroatoms. The van der Waals surface area contributed by atoms with Gasteiger partial charge in [-0.2, -0.15) is 0 Å². The summed E-state index contributed by atoms with van der Waals surface area (Å²) in [6, 6.07) is 7.99. The molecule has 0 saturated carbocycles. The Balaban J connectivity index is 1.56. The topological polar surface area (TPSA) is 37.0 Å². The molecule has 2 aliphatic rings. The van der Waals surface area contributed by atoms with Crippen molar-refractivity contribution in [2.75, 3.05) is 52.9 Å². The van der Waals surface area contributed by atoms with E-state index in [9.17, 15) is 0 Å². The molecule has 0 radical (unpaired) electrons. The molecule has 2 fully saturated rings. The SMILES string of the molecule is CC(C)Oc1ccccc1OCCN1CCCN(C)C2(CCNCC2)C1. The zero-order valence-corrected chi connectivity index (χ0v) is 16.7. The van der Waals surface area contributed by atoms with E-state index in [1.807, 2.05) is 38.1 Å².